The van der Waals surface area contributed by atoms with Gasteiger partial charge in [0.05, 0.1) is 22.8 Å². The Morgan fingerprint density at radius 1 is 0.550 bits per heavy atom. The van der Waals surface area contributed by atoms with E-state index in [1.54, 1.807) is 12.4 Å². The number of hydrogen-bond donors (Lipinski definition) is 0. The molecule has 8 rings (SSSR count). The molecule has 2 aliphatic rings. The molecule has 5 aromatic carbocycles. The highest BCUT2D eigenvalue weighted by molar-refractivity contribution is 6.17. The highest BCUT2D eigenvalue weighted by atomic mass is 15.2. The first-order valence-corrected chi connectivity index (χ1v) is 13.9. The number of nitrogens with zero attached hydrogens (tertiary/aromatic N) is 3. The van der Waals surface area contributed by atoms with Crippen molar-refractivity contribution in [1.29, 1.82) is 0 Å². The quantitative estimate of drug-likeness (QED) is 0.229. The standard InChI is InChI=1S/C37H29N3/c1-22-21-33(40-31-14-7-5-12-29(31)37(3,4)30-13-6-8-15-32(30)40)23(2)20-28(22)24-16-17-27-34-25(24)10-9-11-26(34)35-36(27)39-19-18-38-35/h5-21H,1-4H3. The van der Waals surface area contributed by atoms with Crippen LogP contribution >= 0.6 is 0 Å². The lowest BCUT2D eigenvalue weighted by Gasteiger charge is -2.42. The van der Waals surface area contributed by atoms with E-state index in [0.717, 1.165) is 11.4 Å². The van der Waals surface area contributed by atoms with E-state index in [9.17, 15) is 0 Å². The second kappa shape index (κ2) is 8.12. The van der Waals surface area contributed by atoms with E-state index >= 15 is 0 Å². The van der Waals surface area contributed by atoms with E-state index in [1.807, 2.05) is 0 Å². The van der Waals surface area contributed by atoms with Crippen molar-refractivity contribution in [2.75, 3.05) is 4.90 Å². The Kier molecular flexibility index (Phi) is 4.70. The van der Waals surface area contributed by atoms with E-state index in [-0.39, 0.29) is 5.41 Å². The summed E-state index contributed by atoms with van der Waals surface area (Å²) in [6.07, 6.45) is 3.57. The number of rotatable bonds is 2. The second-order valence-electron chi connectivity index (χ2n) is 11.6. The number of benzene rings is 5. The molecule has 0 fully saturated rings. The lowest BCUT2D eigenvalue weighted by molar-refractivity contribution is 0.632. The van der Waals surface area contributed by atoms with Gasteiger partial charge in [0.25, 0.3) is 0 Å². The molecule has 0 saturated carbocycles. The first-order chi connectivity index (χ1) is 19.4. The first-order valence-electron chi connectivity index (χ1n) is 13.9. The zero-order valence-corrected chi connectivity index (χ0v) is 23.2. The molecule has 0 unspecified atom stereocenters. The van der Waals surface area contributed by atoms with Gasteiger partial charge >= 0.3 is 0 Å². The van der Waals surface area contributed by atoms with Crippen LogP contribution in [0, 0.1) is 13.8 Å². The molecule has 1 aliphatic carbocycles. The number of aryl methyl sites for hydroxylation is 2. The summed E-state index contributed by atoms with van der Waals surface area (Å²) >= 11 is 0. The van der Waals surface area contributed by atoms with Crippen LogP contribution in [0.2, 0.25) is 0 Å². The molecule has 1 aromatic heterocycles. The van der Waals surface area contributed by atoms with Crippen molar-refractivity contribution < 1.29 is 0 Å². The largest absolute Gasteiger partial charge is 0.310 e. The highest BCUT2D eigenvalue weighted by Crippen LogP contribution is 2.53. The molecule has 0 radical (unpaired) electrons. The van der Waals surface area contributed by atoms with Gasteiger partial charge in [-0.25, -0.2) is 0 Å². The Bertz CT molecular complexity index is 1940. The summed E-state index contributed by atoms with van der Waals surface area (Å²) in [6, 6.07) is 33.5. The fraction of sp³-hybridized carbons (Fsp3) is 0.135. The number of para-hydroxylation sites is 2. The van der Waals surface area contributed by atoms with Crippen LogP contribution in [0.5, 0.6) is 0 Å². The molecule has 0 spiro atoms. The second-order valence-corrected chi connectivity index (χ2v) is 11.6. The normalized spacial score (nSPS) is 14.2. The SMILES string of the molecule is Cc1cc(N2c3ccccc3C(C)(C)c3ccccc32)c(C)cc1-c1ccc2c3c(cccc13)-c1nccnc1-2. The summed E-state index contributed by atoms with van der Waals surface area (Å²) in [6.45, 7) is 9.16. The Hall–Kier alpha value is -4.76. The first kappa shape index (κ1) is 23.2. The van der Waals surface area contributed by atoms with E-state index < -0.39 is 0 Å². The van der Waals surface area contributed by atoms with Crippen molar-refractivity contribution in [3.8, 4) is 33.6 Å². The van der Waals surface area contributed by atoms with Crippen LogP contribution in [0.15, 0.2) is 103 Å². The van der Waals surface area contributed by atoms with Gasteiger partial charge in [0.15, 0.2) is 0 Å². The number of fused-ring (bicyclic) bond motifs is 5. The molecule has 0 atom stereocenters. The van der Waals surface area contributed by atoms with Crippen LogP contribution in [-0.2, 0) is 5.41 Å². The molecular weight excluding hydrogens is 486 g/mol. The van der Waals surface area contributed by atoms with Crippen molar-refractivity contribution in [1.82, 2.24) is 9.97 Å². The average Bonchev–Trinajstić information content (AvgIpc) is 3.30. The molecule has 0 bridgehead atoms. The number of anilines is 3. The molecule has 2 heterocycles. The number of hydrogen-bond acceptors (Lipinski definition) is 3. The number of aromatic nitrogens is 2. The van der Waals surface area contributed by atoms with Crippen LogP contribution in [0.1, 0.15) is 36.1 Å². The third kappa shape index (κ3) is 3.00. The summed E-state index contributed by atoms with van der Waals surface area (Å²) in [5, 5.41) is 2.50. The minimum Gasteiger partial charge on any atom is -0.310 e. The maximum atomic E-state index is 4.68. The minimum absolute atomic E-state index is 0.0709. The van der Waals surface area contributed by atoms with Crippen LogP contribution in [-0.4, -0.2) is 9.97 Å². The predicted molar refractivity (Wildman–Crippen MR) is 166 cm³/mol. The van der Waals surface area contributed by atoms with E-state index in [2.05, 4.69) is 134 Å². The zero-order valence-electron chi connectivity index (χ0n) is 23.2. The molecule has 3 nitrogen and oxygen atoms in total. The molecule has 3 heteroatoms. The van der Waals surface area contributed by atoms with Crippen LogP contribution in [0.25, 0.3) is 44.4 Å². The van der Waals surface area contributed by atoms with Crippen molar-refractivity contribution in [2.45, 2.75) is 33.1 Å². The van der Waals surface area contributed by atoms with Crippen LogP contribution in [0.4, 0.5) is 17.1 Å². The van der Waals surface area contributed by atoms with Gasteiger partial charge in [0.1, 0.15) is 0 Å². The maximum absolute atomic E-state index is 4.68. The predicted octanol–water partition coefficient (Wildman–Crippen LogP) is 9.67. The van der Waals surface area contributed by atoms with E-state index in [1.165, 1.54) is 72.3 Å². The monoisotopic (exact) mass is 515 g/mol. The highest BCUT2D eigenvalue weighted by Gasteiger charge is 2.37. The van der Waals surface area contributed by atoms with Crippen molar-refractivity contribution >= 4 is 27.8 Å². The van der Waals surface area contributed by atoms with E-state index in [0.29, 0.717) is 0 Å². The van der Waals surface area contributed by atoms with Gasteiger partial charge in [-0.05, 0) is 76.9 Å². The summed E-state index contributed by atoms with van der Waals surface area (Å²) < 4.78 is 0. The smallest absolute Gasteiger partial charge is 0.0971 e. The maximum Gasteiger partial charge on any atom is 0.0971 e. The van der Waals surface area contributed by atoms with Gasteiger partial charge in [-0.1, -0.05) is 80.6 Å². The van der Waals surface area contributed by atoms with Crippen LogP contribution in [0.3, 0.4) is 0 Å². The fourth-order valence-corrected chi connectivity index (χ4v) is 7.03. The summed E-state index contributed by atoms with van der Waals surface area (Å²) in [4.78, 5) is 11.8. The Morgan fingerprint density at radius 2 is 1.15 bits per heavy atom. The van der Waals surface area contributed by atoms with E-state index in [4.69, 9.17) is 0 Å². The summed E-state index contributed by atoms with van der Waals surface area (Å²) in [7, 11) is 0. The molecule has 40 heavy (non-hydrogen) atoms. The molecule has 6 aromatic rings. The lowest BCUT2D eigenvalue weighted by Crippen LogP contribution is -2.30. The molecule has 1 aliphatic heterocycles. The van der Waals surface area contributed by atoms with Crippen LogP contribution < -0.4 is 4.90 Å². The Labute approximate surface area is 234 Å². The summed E-state index contributed by atoms with van der Waals surface area (Å²) in [5.41, 5.74) is 15.7. The van der Waals surface area contributed by atoms with Crippen molar-refractivity contribution in [3.05, 3.63) is 126 Å². The van der Waals surface area contributed by atoms with Gasteiger partial charge in [0.2, 0.25) is 0 Å². The van der Waals surface area contributed by atoms with Gasteiger partial charge < -0.3 is 4.90 Å². The Balaban J connectivity index is 1.33. The van der Waals surface area contributed by atoms with Gasteiger partial charge in [-0.15, -0.1) is 0 Å². The van der Waals surface area contributed by atoms with Crippen molar-refractivity contribution in [3.63, 3.8) is 0 Å². The lowest BCUT2D eigenvalue weighted by atomic mass is 9.73. The molecule has 0 N–H and O–H groups in total. The third-order valence-corrected chi connectivity index (χ3v) is 8.96. The third-order valence-electron chi connectivity index (χ3n) is 8.96. The van der Waals surface area contributed by atoms with Crippen molar-refractivity contribution in [2.24, 2.45) is 0 Å². The van der Waals surface area contributed by atoms with Gasteiger partial charge in [-0.3, -0.25) is 9.97 Å². The molecular formula is C37H29N3. The van der Waals surface area contributed by atoms with Gasteiger partial charge in [-0.2, -0.15) is 0 Å². The molecule has 0 saturated heterocycles. The topological polar surface area (TPSA) is 29.0 Å². The average molecular weight is 516 g/mol. The minimum atomic E-state index is -0.0709. The summed E-state index contributed by atoms with van der Waals surface area (Å²) in [5.74, 6) is 0. The molecule has 0 amide bonds. The van der Waals surface area contributed by atoms with Gasteiger partial charge in [0, 0.05) is 40.0 Å². The Morgan fingerprint density at radius 3 is 1.82 bits per heavy atom. The molecule has 192 valence electrons. The zero-order chi connectivity index (χ0) is 27.2. The fourth-order valence-electron chi connectivity index (χ4n) is 7.03.